The summed E-state index contributed by atoms with van der Waals surface area (Å²) in [5.41, 5.74) is 2.76. The van der Waals surface area contributed by atoms with E-state index in [1.54, 1.807) is 60.7 Å². The van der Waals surface area contributed by atoms with E-state index in [2.05, 4.69) is 22.2 Å². The van der Waals surface area contributed by atoms with Crippen LogP contribution in [0.15, 0.2) is 83.8 Å². The summed E-state index contributed by atoms with van der Waals surface area (Å²) in [6.45, 7) is 0. The van der Waals surface area contributed by atoms with Gasteiger partial charge in [0.25, 0.3) is 15.7 Å². The molecule has 0 saturated carbocycles. The third-order valence-corrected chi connectivity index (χ3v) is 7.81. The van der Waals surface area contributed by atoms with Gasteiger partial charge in [0.05, 0.1) is 34.2 Å². The fraction of sp³-hybridized carbons (Fsp3) is 0.200. The van der Waals surface area contributed by atoms with Crippen LogP contribution in [0.1, 0.15) is 29.5 Å². The lowest BCUT2D eigenvalue weighted by Crippen LogP contribution is -2.30. The van der Waals surface area contributed by atoms with Crippen LogP contribution < -0.4 is 14.8 Å². The monoisotopic (exact) mass is 477 g/mol. The molecule has 1 aliphatic heterocycles. The number of para-hydroxylation sites is 1. The normalized spacial score (nSPS) is 20.7. The van der Waals surface area contributed by atoms with Crippen molar-refractivity contribution >= 4 is 27.1 Å². The minimum Gasteiger partial charge on any atom is -0.497 e. The fourth-order valence-electron chi connectivity index (χ4n) is 4.86. The molecule has 1 heterocycles. The maximum atomic E-state index is 13.1. The lowest BCUT2D eigenvalue weighted by atomic mass is 9.76. The minimum atomic E-state index is -3.83. The summed E-state index contributed by atoms with van der Waals surface area (Å²) in [5, 5.41) is 15.1. The molecule has 0 unspecified atom stereocenters. The first-order valence-corrected chi connectivity index (χ1v) is 12.3. The van der Waals surface area contributed by atoms with Crippen LogP contribution >= 0.6 is 0 Å². The standard InChI is InChI=1S/C25H23N3O5S/c1-33-17-7-4-6-16(14-17)27-34(31,32)18-12-13-23-22(15-18)19-9-5-10-20(19)25(26-23)21-8-2-3-11-24(21)28(29)30/h2-9,11-15,19-20,25-27H,10H2,1H3/t19-,20+,25-/m1/s1. The second-order valence-electron chi connectivity index (χ2n) is 8.38. The van der Waals surface area contributed by atoms with Gasteiger partial charge < -0.3 is 10.1 Å². The molecule has 8 nitrogen and oxygen atoms in total. The summed E-state index contributed by atoms with van der Waals surface area (Å²) >= 11 is 0. The van der Waals surface area contributed by atoms with Gasteiger partial charge in [0.2, 0.25) is 0 Å². The van der Waals surface area contributed by atoms with E-state index in [9.17, 15) is 18.5 Å². The third-order valence-electron chi connectivity index (χ3n) is 6.44. The fourth-order valence-corrected chi connectivity index (χ4v) is 5.95. The number of nitrogens with one attached hydrogen (secondary N) is 2. The molecule has 0 fully saturated rings. The Balaban J connectivity index is 1.50. The Morgan fingerprint density at radius 3 is 2.68 bits per heavy atom. The molecule has 34 heavy (non-hydrogen) atoms. The number of anilines is 2. The maximum Gasteiger partial charge on any atom is 0.274 e. The number of ether oxygens (including phenoxy) is 1. The first-order chi connectivity index (χ1) is 16.4. The van der Waals surface area contributed by atoms with Crippen LogP contribution in [-0.4, -0.2) is 20.5 Å². The van der Waals surface area contributed by atoms with Crippen molar-refractivity contribution in [1.29, 1.82) is 0 Å². The summed E-state index contributed by atoms with van der Waals surface area (Å²) < 4.78 is 34.0. The van der Waals surface area contributed by atoms with E-state index in [0.29, 0.717) is 17.0 Å². The van der Waals surface area contributed by atoms with Crippen molar-refractivity contribution in [2.24, 2.45) is 5.92 Å². The Hall–Kier alpha value is -3.85. The highest BCUT2D eigenvalue weighted by molar-refractivity contribution is 7.92. The van der Waals surface area contributed by atoms with Crippen LogP contribution in [-0.2, 0) is 10.0 Å². The summed E-state index contributed by atoms with van der Waals surface area (Å²) in [4.78, 5) is 11.4. The van der Waals surface area contributed by atoms with Gasteiger partial charge in [-0.15, -0.1) is 0 Å². The number of benzene rings is 3. The first-order valence-electron chi connectivity index (χ1n) is 10.8. The van der Waals surface area contributed by atoms with Gasteiger partial charge in [0.15, 0.2) is 0 Å². The molecule has 3 atom stereocenters. The Morgan fingerprint density at radius 2 is 1.88 bits per heavy atom. The van der Waals surface area contributed by atoms with E-state index in [1.807, 2.05) is 0 Å². The van der Waals surface area contributed by atoms with Crippen LogP contribution in [0, 0.1) is 16.0 Å². The summed E-state index contributed by atoms with van der Waals surface area (Å²) in [5.74, 6) is 0.542. The Kier molecular flexibility index (Phi) is 5.49. The van der Waals surface area contributed by atoms with E-state index in [0.717, 1.165) is 17.7 Å². The molecule has 2 aliphatic rings. The molecule has 5 rings (SSSR count). The number of nitro groups is 1. The summed E-state index contributed by atoms with van der Waals surface area (Å²) in [7, 11) is -2.31. The highest BCUT2D eigenvalue weighted by Gasteiger charge is 2.40. The van der Waals surface area contributed by atoms with Crippen molar-refractivity contribution in [2.75, 3.05) is 17.1 Å². The molecule has 0 spiro atoms. The molecule has 9 heteroatoms. The Bertz CT molecular complexity index is 1400. The zero-order valence-corrected chi connectivity index (χ0v) is 19.2. The van der Waals surface area contributed by atoms with Crippen molar-refractivity contribution in [3.8, 4) is 5.75 Å². The molecule has 0 aromatic heterocycles. The number of nitrogens with zero attached hydrogens (tertiary/aromatic N) is 1. The number of fused-ring (bicyclic) bond motifs is 3. The number of methoxy groups -OCH3 is 1. The Morgan fingerprint density at radius 1 is 1.06 bits per heavy atom. The lowest BCUT2D eigenvalue weighted by molar-refractivity contribution is -0.385. The topological polar surface area (TPSA) is 111 Å². The van der Waals surface area contributed by atoms with Crippen molar-refractivity contribution < 1.29 is 18.1 Å². The number of nitro benzene ring substituents is 1. The molecule has 1 aliphatic carbocycles. The molecular weight excluding hydrogens is 454 g/mol. The van der Waals surface area contributed by atoms with Crippen molar-refractivity contribution in [3.63, 3.8) is 0 Å². The molecule has 0 saturated heterocycles. The first kappa shape index (κ1) is 22.0. The molecule has 174 valence electrons. The predicted octanol–water partition coefficient (Wildman–Crippen LogP) is 5.23. The molecule has 0 radical (unpaired) electrons. The number of rotatable bonds is 6. The highest BCUT2D eigenvalue weighted by atomic mass is 32.2. The van der Waals surface area contributed by atoms with Crippen molar-refractivity contribution in [2.45, 2.75) is 23.3 Å². The van der Waals surface area contributed by atoms with E-state index in [-0.39, 0.29) is 33.4 Å². The number of hydrogen-bond donors (Lipinski definition) is 2. The third kappa shape index (κ3) is 3.88. The molecule has 3 aromatic carbocycles. The number of allylic oxidation sites excluding steroid dienone is 2. The van der Waals surface area contributed by atoms with Gasteiger partial charge in [-0.25, -0.2) is 8.42 Å². The van der Waals surface area contributed by atoms with E-state index in [1.165, 1.54) is 13.2 Å². The zero-order valence-electron chi connectivity index (χ0n) is 18.3. The average molecular weight is 478 g/mol. The quantitative estimate of drug-likeness (QED) is 0.286. The second-order valence-corrected chi connectivity index (χ2v) is 10.1. The molecular formula is C25H23N3O5S. The van der Waals surface area contributed by atoms with Crippen LogP contribution in [0.25, 0.3) is 0 Å². The van der Waals surface area contributed by atoms with Gasteiger partial charge in [0.1, 0.15) is 5.75 Å². The largest absolute Gasteiger partial charge is 0.497 e. The van der Waals surface area contributed by atoms with Crippen LogP contribution in [0.3, 0.4) is 0 Å². The SMILES string of the molecule is COc1cccc(NS(=O)(=O)c2ccc3c(c2)[C@@H]2C=CC[C@@H]2[C@H](c2ccccc2[N+](=O)[O-])N3)c1. The van der Waals surface area contributed by atoms with Gasteiger partial charge in [-0.3, -0.25) is 14.8 Å². The van der Waals surface area contributed by atoms with Crippen LogP contribution in [0.4, 0.5) is 17.1 Å². The van der Waals surface area contributed by atoms with E-state index >= 15 is 0 Å². The van der Waals surface area contributed by atoms with Gasteiger partial charge in [-0.05, 0) is 48.2 Å². The minimum absolute atomic E-state index is 0.0397. The van der Waals surface area contributed by atoms with Crippen molar-refractivity contribution in [1.82, 2.24) is 0 Å². The summed E-state index contributed by atoms with van der Waals surface area (Å²) in [6, 6.07) is 18.2. The van der Waals surface area contributed by atoms with Gasteiger partial charge >= 0.3 is 0 Å². The van der Waals surface area contributed by atoms with Crippen LogP contribution in [0.2, 0.25) is 0 Å². The maximum absolute atomic E-state index is 13.1. The molecule has 0 amide bonds. The number of sulfonamides is 1. The van der Waals surface area contributed by atoms with E-state index < -0.39 is 10.0 Å². The summed E-state index contributed by atoms with van der Waals surface area (Å²) in [6.07, 6.45) is 4.87. The van der Waals surface area contributed by atoms with Crippen LogP contribution in [0.5, 0.6) is 5.75 Å². The second kappa shape index (κ2) is 8.49. The average Bonchev–Trinajstić information content (AvgIpc) is 3.33. The van der Waals surface area contributed by atoms with Gasteiger partial charge in [-0.1, -0.05) is 36.4 Å². The van der Waals surface area contributed by atoms with Gasteiger partial charge in [0, 0.05) is 23.7 Å². The lowest BCUT2D eigenvalue weighted by Gasteiger charge is -2.37. The smallest absolute Gasteiger partial charge is 0.274 e. The molecule has 2 N–H and O–H groups in total. The predicted molar refractivity (Wildman–Crippen MR) is 130 cm³/mol. The zero-order chi connectivity index (χ0) is 23.9. The highest BCUT2D eigenvalue weighted by Crippen LogP contribution is 2.51. The molecule has 0 bridgehead atoms. The van der Waals surface area contributed by atoms with E-state index in [4.69, 9.17) is 4.74 Å². The van der Waals surface area contributed by atoms with Crippen molar-refractivity contribution in [3.05, 3.63) is 100 Å². The van der Waals surface area contributed by atoms with Gasteiger partial charge in [-0.2, -0.15) is 0 Å². The molecule has 3 aromatic rings. The Labute approximate surface area is 197 Å². The number of hydrogen-bond acceptors (Lipinski definition) is 6.